The number of carbonyl (C=O) groups is 2. The van der Waals surface area contributed by atoms with Gasteiger partial charge in [0.05, 0.1) is 17.5 Å². The maximum absolute atomic E-state index is 13.5. The van der Waals surface area contributed by atoms with Gasteiger partial charge in [-0.2, -0.15) is 13.2 Å². The Bertz CT molecular complexity index is 997. The molecule has 6 nitrogen and oxygen atoms in total. The third kappa shape index (κ3) is 4.08. The molecule has 0 saturated heterocycles. The summed E-state index contributed by atoms with van der Waals surface area (Å²) in [5, 5.41) is 11.1. The molecule has 0 unspecified atom stereocenters. The highest BCUT2D eigenvalue weighted by Gasteiger charge is 2.38. The first-order valence-corrected chi connectivity index (χ1v) is 7.92. The number of hydrogen-bond acceptors (Lipinski definition) is 3. The number of para-hydroxylation sites is 1. The third-order valence-electron chi connectivity index (χ3n) is 3.77. The molecule has 2 N–H and O–H groups in total. The Hall–Kier alpha value is -3.36. The van der Waals surface area contributed by atoms with E-state index >= 15 is 0 Å². The van der Waals surface area contributed by atoms with E-state index in [1.165, 1.54) is 30.3 Å². The molecule has 9 heteroatoms. The highest BCUT2D eigenvalue weighted by atomic mass is 19.4. The fourth-order valence-electron chi connectivity index (χ4n) is 2.63. The van der Waals surface area contributed by atoms with Crippen LogP contribution in [0.1, 0.15) is 18.7 Å². The SMILES string of the molecule is O=C(O)CCC(=O)Nc1ccc2c(c1)nc(C(F)(F)F)n2-c1ccccc1. The Kier molecular flexibility index (Phi) is 4.85. The van der Waals surface area contributed by atoms with Gasteiger partial charge >= 0.3 is 12.1 Å². The van der Waals surface area contributed by atoms with Crippen molar-refractivity contribution < 1.29 is 27.9 Å². The predicted octanol–water partition coefficient (Wildman–Crippen LogP) is 3.85. The van der Waals surface area contributed by atoms with Gasteiger partial charge in [-0.15, -0.1) is 0 Å². The number of benzene rings is 2. The number of nitrogens with zero attached hydrogens (tertiary/aromatic N) is 2. The monoisotopic (exact) mass is 377 g/mol. The number of aromatic nitrogens is 2. The molecule has 3 rings (SSSR count). The summed E-state index contributed by atoms with van der Waals surface area (Å²) in [7, 11) is 0. The predicted molar refractivity (Wildman–Crippen MR) is 91.6 cm³/mol. The van der Waals surface area contributed by atoms with Crippen LogP contribution in [0.3, 0.4) is 0 Å². The van der Waals surface area contributed by atoms with Crippen molar-refractivity contribution in [3.8, 4) is 5.69 Å². The first-order chi connectivity index (χ1) is 12.8. The van der Waals surface area contributed by atoms with Gasteiger partial charge in [-0.25, -0.2) is 4.98 Å². The van der Waals surface area contributed by atoms with Crippen molar-refractivity contribution in [2.75, 3.05) is 5.32 Å². The van der Waals surface area contributed by atoms with Crippen LogP contribution in [-0.4, -0.2) is 26.5 Å². The minimum Gasteiger partial charge on any atom is -0.481 e. The molecule has 2 aromatic carbocycles. The smallest absolute Gasteiger partial charge is 0.450 e. The molecule has 0 radical (unpaired) electrons. The zero-order valence-corrected chi connectivity index (χ0v) is 13.8. The highest BCUT2D eigenvalue weighted by Crippen LogP contribution is 2.34. The van der Waals surface area contributed by atoms with Gasteiger partial charge in [-0.1, -0.05) is 18.2 Å². The molecular formula is C18H14F3N3O3. The molecule has 0 aliphatic heterocycles. The normalized spacial score (nSPS) is 11.5. The van der Waals surface area contributed by atoms with Crippen molar-refractivity contribution in [1.29, 1.82) is 0 Å². The summed E-state index contributed by atoms with van der Waals surface area (Å²) >= 11 is 0. The molecule has 27 heavy (non-hydrogen) atoms. The fraction of sp³-hybridized carbons (Fsp3) is 0.167. The molecule has 1 amide bonds. The lowest BCUT2D eigenvalue weighted by Gasteiger charge is -2.11. The average molecular weight is 377 g/mol. The van der Waals surface area contributed by atoms with Gasteiger partial charge in [-0.3, -0.25) is 14.2 Å². The van der Waals surface area contributed by atoms with Crippen LogP contribution < -0.4 is 5.32 Å². The van der Waals surface area contributed by atoms with E-state index in [0.29, 0.717) is 5.69 Å². The van der Waals surface area contributed by atoms with E-state index in [4.69, 9.17) is 5.11 Å². The van der Waals surface area contributed by atoms with Crippen molar-refractivity contribution in [1.82, 2.24) is 9.55 Å². The van der Waals surface area contributed by atoms with Crippen LogP contribution in [0.25, 0.3) is 16.7 Å². The minimum atomic E-state index is -4.67. The number of halogens is 3. The molecule has 0 fully saturated rings. The molecule has 1 heterocycles. The minimum absolute atomic E-state index is 0.0576. The van der Waals surface area contributed by atoms with Crippen LogP contribution in [-0.2, 0) is 15.8 Å². The summed E-state index contributed by atoms with van der Waals surface area (Å²) in [6.07, 6.45) is -5.24. The van der Waals surface area contributed by atoms with Crippen LogP contribution in [0.2, 0.25) is 0 Å². The number of amides is 1. The Balaban J connectivity index is 2.01. The fourth-order valence-corrected chi connectivity index (χ4v) is 2.63. The van der Waals surface area contributed by atoms with Crippen molar-refractivity contribution >= 4 is 28.6 Å². The highest BCUT2D eigenvalue weighted by molar-refractivity contribution is 5.94. The Morgan fingerprint density at radius 1 is 1.07 bits per heavy atom. The van der Waals surface area contributed by atoms with Gasteiger partial charge in [0.25, 0.3) is 0 Å². The second kappa shape index (κ2) is 7.10. The van der Waals surface area contributed by atoms with Gasteiger partial charge in [0.1, 0.15) is 0 Å². The molecule has 0 aliphatic rings. The second-order valence-electron chi connectivity index (χ2n) is 5.75. The lowest BCUT2D eigenvalue weighted by molar-refractivity contribution is -0.145. The summed E-state index contributed by atoms with van der Waals surface area (Å²) < 4.78 is 41.4. The molecule has 0 spiro atoms. The molecular weight excluding hydrogens is 363 g/mol. The Labute approximate surface area is 151 Å². The van der Waals surface area contributed by atoms with Crippen LogP contribution in [0, 0.1) is 0 Å². The maximum atomic E-state index is 13.5. The molecule has 0 aliphatic carbocycles. The van der Waals surface area contributed by atoms with E-state index in [2.05, 4.69) is 10.3 Å². The van der Waals surface area contributed by atoms with Crippen LogP contribution in [0.5, 0.6) is 0 Å². The number of imidazole rings is 1. The average Bonchev–Trinajstić information content (AvgIpc) is 3.00. The first-order valence-electron chi connectivity index (χ1n) is 7.92. The van der Waals surface area contributed by atoms with E-state index in [9.17, 15) is 22.8 Å². The van der Waals surface area contributed by atoms with E-state index in [1.54, 1.807) is 18.2 Å². The van der Waals surface area contributed by atoms with E-state index in [-0.39, 0.29) is 29.6 Å². The second-order valence-corrected chi connectivity index (χ2v) is 5.75. The van der Waals surface area contributed by atoms with Crippen molar-refractivity contribution in [3.05, 3.63) is 54.4 Å². The van der Waals surface area contributed by atoms with Gasteiger partial charge in [0.15, 0.2) is 0 Å². The number of anilines is 1. The lowest BCUT2D eigenvalue weighted by Crippen LogP contribution is -2.13. The van der Waals surface area contributed by atoms with E-state index in [1.807, 2.05) is 0 Å². The topological polar surface area (TPSA) is 84.2 Å². The largest absolute Gasteiger partial charge is 0.481 e. The van der Waals surface area contributed by atoms with Gasteiger partial charge < -0.3 is 10.4 Å². The zero-order chi connectivity index (χ0) is 19.6. The number of carboxylic acids is 1. The summed E-state index contributed by atoms with van der Waals surface area (Å²) in [5.74, 6) is -2.73. The van der Waals surface area contributed by atoms with Crippen LogP contribution in [0.15, 0.2) is 48.5 Å². The van der Waals surface area contributed by atoms with Crippen LogP contribution in [0.4, 0.5) is 18.9 Å². The number of aliphatic carboxylic acids is 1. The Morgan fingerprint density at radius 2 is 1.78 bits per heavy atom. The van der Waals surface area contributed by atoms with Crippen LogP contribution >= 0.6 is 0 Å². The van der Waals surface area contributed by atoms with Crippen molar-refractivity contribution in [2.45, 2.75) is 19.0 Å². The molecule has 3 aromatic rings. The quantitative estimate of drug-likeness (QED) is 0.707. The number of fused-ring (bicyclic) bond motifs is 1. The van der Waals surface area contributed by atoms with Gasteiger partial charge in [0, 0.05) is 17.8 Å². The summed E-state index contributed by atoms with van der Waals surface area (Å²) in [6.45, 7) is 0. The molecule has 1 aromatic heterocycles. The number of carboxylic acid groups (broad SMARTS) is 1. The summed E-state index contributed by atoms with van der Waals surface area (Å²) in [5.41, 5.74) is 0.842. The standard InChI is InChI=1S/C18H14F3N3O3/c19-18(20,21)17-23-13-10-11(22-15(25)8-9-16(26)27)6-7-14(13)24(17)12-4-2-1-3-5-12/h1-7,10H,8-9H2,(H,22,25)(H,26,27). The van der Waals surface area contributed by atoms with Gasteiger partial charge in [0.2, 0.25) is 11.7 Å². The lowest BCUT2D eigenvalue weighted by atomic mass is 10.2. The number of hydrogen-bond donors (Lipinski definition) is 2. The molecule has 140 valence electrons. The third-order valence-corrected chi connectivity index (χ3v) is 3.77. The number of carbonyl (C=O) groups excluding carboxylic acids is 1. The maximum Gasteiger partial charge on any atom is 0.450 e. The van der Waals surface area contributed by atoms with Gasteiger partial charge in [-0.05, 0) is 30.3 Å². The van der Waals surface area contributed by atoms with Crippen molar-refractivity contribution in [2.24, 2.45) is 0 Å². The van der Waals surface area contributed by atoms with E-state index in [0.717, 1.165) is 4.57 Å². The van der Waals surface area contributed by atoms with E-state index < -0.39 is 23.9 Å². The molecule has 0 atom stereocenters. The van der Waals surface area contributed by atoms with Crippen molar-refractivity contribution in [3.63, 3.8) is 0 Å². The number of alkyl halides is 3. The Morgan fingerprint density at radius 3 is 2.41 bits per heavy atom. The summed E-state index contributed by atoms with van der Waals surface area (Å²) in [6, 6.07) is 12.2. The number of nitrogens with one attached hydrogen (secondary N) is 1. The first kappa shape index (κ1) is 18.4. The number of rotatable bonds is 5. The zero-order valence-electron chi connectivity index (χ0n) is 13.8. The summed E-state index contributed by atoms with van der Waals surface area (Å²) in [4.78, 5) is 25.9. The molecule has 0 bridgehead atoms. The molecule has 0 saturated carbocycles.